The Labute approximate surface area is 136 Å². The molecule has 1 N–H and O–H groups in total. The summed E-state index contributed by atoms with van der Waals surface area (Å²) in [4.78, 5) is 11.3. The highest BCUT2D eigenvalue weighted by Gasteiger charge is 2.01. The van der Waals surface area contributed by atoms with Crippen LogP contribution < -0.4 is 5.32 Å². The minimum Gasteiger partial charge on any atom is -0.445 e. The standard InChI is InChI=1S/C19H33NO2/c1-15(2)9-7-10-17(5)11-8-12-18(6)13-14-22-19(21)20-16(3)4/h9,11,13,16H,7-8,10,12,14H2,1-6H3,(H,20,21)/b17-11+,18-13+. The van der Waals surface area contributed by atoms with Crippen molar-refractivity contribution in [3.63, 3.8) is 0 Å². The van der Waals surface area contributed by atoms with Crippen LogP contribution in [0, 0.1) is 0 Å². The van der Waals surface area contributed by atoms with Crippen LogP contribution in [0.1, 0.15) is 67.2 Å². The predicted octanol–water partition coefficient (Wildman–Crippen LogP) is 5.54. The summed E-state index contributed by atoms with van der Waals surface area (Å²) >= 11 is 0. The normalized spacial score (nSPS) is 12.3. The number of ether oxygens (including phenoxy) is 1. The van der Waals surface area contributed by atoms with E-state index in [4.69, 9.17) is 4.74 Å². The minimum absolute atomic E-state index is 0.108. The highest BCUT2D eigenvalue weighted by Crippen LogP contribution is 2.11. The maximum Gasteiger partial charge on any atom is 0.407 e. The summed E-state index contributed by atoms with van der Waals surface area (Å²) in [5, 5.41) is 2.70. The molecule has 0 radical (unpaired) electrons. The summed E-state index contributed by atoms with van der Waals surface area (Å²) in [6, 6.07) is 0.108. The Hall–Kier alpha value is -1.51. The van der Waals surface area contributed by atoms with Gasteiger partial charge in [0.15, 0.2) is 0 Å². The molecule has 0 saturated carbocycles. The van der Waals surface area contributed by atoms with E-state index in [2.05, 4.69) is 45.2 Å². The van der Waals surface area contributed by atoms with E-state index in [9.17, 15) is 4.79 Å². The third kappa shape index (κ3) is 13.5. The van der Waals surface area contributed by atoms with E-state index in [0.29, 0.717) is 6.61 Å². The van der Waals surface area contributed by atoms with E-state index >= 15 is 0 Å². The molecule has 0 atom stereocenters. The summed E-state index contributed by atoms with van der Waals surface area (Å²) in [5.74, 6) is 0. The number of amides is 1. The SMILES string of the molecule is CC(C)=CCC/C(C)=C/CC/C(C)=C/COC(=O)NC(C)C. The van der Waals surface area contributed by atoms with Crippen molar-refractivity contribution < 1.29 is 9.53 Å². The zero-order valence-electron chi connectivity index (χ0n) is 15.2. The molecule has 126 valence electrons. The number of carbonyl (C=O) groups excluding carboxylic acids is 1. The molecule has 0 aliphatic heterocycles. The highest BCUT2D eigenvalue weighted by molar-refractivity contribution is 5.67. The van der Waals surface area contributed by atoms with Gasteiger partial charge in [-0.15, -0.1) is 0 Å². The lowest BCUT2D eigenvalue weighted by Crippen LogP contribution is -2.30. The molecule has 1 amide bonds. The molecule has 0 aliphatic rings. The molecule has 0 aromatic heterocycles. The van der Waals surface area contributed by atoms with Gasteiger partial charge in [-0.05, 0) is 73.3 Å². The Morgan fingerprint density at radius 1 is 0.955 bits per heavy atom. The molecule has 0 bridgehead atoms. The van der Waals surface area contributed by atoms with Crippen LogP contribution in [0.25, 0.3) is 0 Å². The van der Waals surface area contributed by atoms with Crippen molar-refractivity contribution in [2.75, 3.05) is 6.61 Å². The van der Waals surface area contributed by atoms with Gasteiger partial charge in [0.25, 0.3) is 0 Å². The van der Waals surface area contributed by atoms with E-state index in [1.807, 2.05) is 19.9 Å². The van der Waals surface area contributed by atoms with Crippen LogP contribution >= 0.6 is 0 Å². The van der Waals surface area contributed by atoms with Crippen LogP contribution in [0.5, 0.6) is 0 Å². The van der Waals surface area contributed by atoms with Gasteiger partial charge in [0.1, 0.15) is 6.61 Å². The van der Waals surface area contributed by atoms with Gasteiger partial charge < -0.3 is 10.1 Å². The number of alkyl carbamates (subject to hydrolysis) is 1. The third-order valence-corrected chi connectivity index (χ3v) is 3.18. The average molecular weight is 307 g/mol. The Balaban J connectivity index is 3.92. The molecular formula is C19H33NO2. The summed E-state index contributed by atoms with van der Waals surface area (Å²) in [7, 11) is 0. The van der Waals surface area contributed by atoms with Crippen molar-refractivity contribution in [3.8, 4) is 0 Å². The number of allylic oxidation sites excluding steroid dienone is 5. The summed E-state index contributed by atoms with van der Waals surface area (Å²) in [6.07, 6.45) is 10.5. The first kappa shape index (κ1) is 20.5. The second-order valence-corrected chi connectivity index (χ2v) is 6.36. The smallest absolute Gasteiger partial charge is 0.407 e. The summed E-state index contributed by atoms with van der Waals surface area (Å²) in [5.41, 5.74) is 4.08. The van der Waals surface area contributed by atoms with Crippen LogP contribution in [0.2, 0.25) is 0 Å². The lowest BCUT2D eigenvalue weighted by molar-refractivity contribution is 0.155. The van der Waals surface area contributed by atoms with Crippen LogP contribution in [0.4, 0.5) is 4.79 Å². The largest absolute Gasteiger partial charge is 0.445 e. The van der Waals surface area contributed by atoms with E-state index < -0.39 is 0 Å². The zero-order valence-corrected chi connectivity index (χ0v) is 15.2. The van der Waals surface area contributed by atoms with Crippen LogP contribution in [0.15, 0.2) is 34.9 Å². The van der Waals surface area contributed by atoms with Crippen molar-refractivity contribution >= 4 is 6.09 Å². The second kappa shape index (κ2) is 12.1. The molecule has 0 aliphatic carbocycles. The number of rotatable bonds is 9. The first-order valence-electron chi connectivity index (χ1n) is 8.19. The number of carbonyl (C=O) groups is 1. The van der Waals surface area contributed by atoms with E-state index in [-0.39, 0.29) is 12.1 Å². The lowest BCUT2D eigenvalue weighted by atomic mass is 10.1. The minimum atomic E-state index is -0.353. The second-order valence-electron chi connectivity index (χ2n) is 6.36. The summed E-state index contributed by atoms with van der Waals surface area (Å²) in [6.45, 7) is 12.7. The number of hydrogen-bond donors (Lipinski definition) is 1. The number of hydrogen-bond acceptors (Lipinski definition) is 2. The molecule has 0 fully saturated rings. The molecule has 0 rings (SSSR count). The monoisotopic (exact) mass is 307 g/mol. The molecular weight excluding hydrogens is 274 g/mol. The summed E-state index contributed by atoms with van der Waals surface area (Å²) < 4.78 is 5.08. The van der Waals surface area contributed by atoms with Crippen LogP contribution in [-0.4, -0.2) is 18.7 Å². The van der Waals surface area contributed by atoms with Crippen molar-refractivity contribution in [1.29, 1.82) is 0 Å². The number of nitrogens with one attached hydrogen (secondary N) is 1. The van der Waals surface area contributed by atoms with E-state index in [1.165, 1.54) is 16.7 Å². The fourth-order valence-corrected chi connectivity index (χ4v) is 1.88. The molecule has 0 spiro atoms. The molecule has 0 unspecified atom stereocenters. The molecule has 0 aromatic carbocycles. The average Bonchev–Trinajstić information content (AvgIpc) is 2.37. The van der Waals surface area contributed by atoms with Gasteiger partial charge in [-0.3, -0.25) is 0 Å². The lowest BCUT2D eigenvalue weighted by Gasteiger charge is -2.08. The Kier molecular flexibility index (Phi) is 11.2. The predicted molar refractivity (Wildman–Crippen MR) is 95.0 cm³/mol. The fourth-order valence-electron chi connectivity index (χ4n) is 1.88. The van der Waals surface area contributed by atoms with Gasteiger partial charge in [-0.2, -0.15) is 0 Å². The van der Waals surface area contributed by atoms with Gasteiger partial charge >= 0.3 is 6.09 Å². The van der Waals surface area contributed by atoms with Crippen molar-refractivity contribution in [2.24, 2.45) is 0 Å². The van der Waals surface area contributed by atoms with Crippen molar-refractivity contribution in [2.45, 2.75) is 73.3 Å². The fraction of sp³-hybridized carbons (Fsp3) is 0.632. The maximum absolute atomic E-state index is 11.3. The Bertz CT molecular complexity index is 413. The van der Waals surface area contributed by atoms with Gasteiger partial charge in [0.05, 0.1) is 0 Å². The van der Waals surface area contributed by atoms with Crippen molar-refractivity contribution in [1.82, 2.24) is 5.32 Å². The topological polar surface area (TPSA) is 38.3 Å². The molecule has 0 saturated heterocycles. The molecule has 22 heavy (non-hydrogen) atoms. The Morgan fingerprint density at radius 2 is 1.50 bits per heavy atom. The molecule has 3 heteroatoms. The molecule has 3 nitrogen and oxygen atoms in total. The van der Waals surface area contributed by atoms with Crippen LogP contribution in [0.3, 0.4) is 0 Å². The zero-order chi connectivity index (χ0) is 17.0. The van der Waals surface area contributed by atoms with Gasteiger partial charge in [-0.25, -0.2) is 4.79 Å². The first-order chi connectivity index (χ1) is 10.3. The van der Waals surface area contributed by atoms with Gasteiger partial charge in [-0.1, -0.05) is 28.9 Å². The van der Waals surface area contributed by atoms with Gasteiger partial charge in [0.2, 0.25) is 0 Å². The van der Waals surface area contributed by atoms with Crippen molar-refractivity contribution in [3.05, 3.63) is 34.9 Å². The van der Waals surface area contributed by atoms with Gasteiger partial charge in [0, 0.05) is 6.04 Å². The maximum atomic E-state index is 11.3. The molecule has 0 aromatic rings. The molecule has 0 heterocycles. The quantitative estimate of drug-likeness (QED) is 0.568. The van der Waals surface area contributed by atoms with E-state index in [1.54, 1.807) is 0 Å². The van der Waals surface area contributed by atoms with Crippen LogP contribution in [-0.2, 0) is 4.74 Å². The van der Waals surface area contributed by atoms with E-state index in [0.717, 1.165) is 25.7 Å². The first-order valence-corrected chi connectivity index (χ1v) is 8.19. The third-order valence-electron chi connectivity index (χ3n) is 3.18. The Morgan fingerprint density at radius 3 is 2.05 bits per heavy atom. The highest BCUT2D eigenvalue weighted by atomic mass is 16.5.